The Morgan fingerprint density at radius 3 is 2.55 bits per heavy atom. The molecule has 0 aliphatic rings. The summed E-state index contributed by atoms with van der Waals surface area (Å²) >= 11 is 0. The summed E-state index contributed by atoms with van der Waals surface area (Å²) in [5.41, 5.74) is 0. The van der Waals surface area contributed by atoms with Crippen LogP contribution in [-0.2, 0) is 9.53 Å². The van der Waals surface area contributed by atoms with Gasteiger partial charge in [-0.25, -0.2) is 4.79 Å². The molecule has 11 heavy (non-hydrogen) atoms. The molecule has 1 radical (unpaired) electrons. The minimum Gasteiger partial charge on any atom is -0.394 e. The van der Waals surface area contributed by atoms with Crippen LogP contribution in [0.2, 0.25) is 0 Å². The van der Waals surface area contributed by atoms with Crippen LogP contribution >= 0.6 is 0 Å². The van der Waals surface area contributed by atoms with E-state index in [-0.39, 0.29) is 6.23 Å². The molecule has 1 heterocycles. The highest BCUT2D eigenvalue weighted by atomic mass is 16.5. The Morgan fingerprint density at radius 1 is 1.36 bits per heavy atom. The van der Waals surface area contributed by atoms with E-state index in [1.165, 1.54) is 6.47 Å². The molecule has 0 aromatic carbocycles. The molecule has 0 saturated heterocycles. The first-order chi connectivity index (χ1) is 5.34. The van der Waals surface area contributed by atoms with E-state index >= 15 is 0 Å². The quantitative estimate of drug-likeness (QED) is 0.591. The summed E-state index contributed by atoms with van der Waals surface area (Å²) in [4.78, 5) is 9.83. The molecule has 57 valence electrons. The third-order valence-electron chi connectivity index (χ3n) is 1.38. The van der Waals surface area contributed by atoms with Gasteiger partial charge < -0.3 is 4.74 Å². The van der Waals surface area contributed by atoms with Crippen LogP contribution in [0.1, 0.15) is 13.2 Å². The molecule has 0 bridgehead atoms. The van der Waals surface area contributed by atoms with Crippen molar-refractivity contribution in [2.24, 2.45) is 0 Å². The Hall–Kier alpha value is -1.38. The van der Waals surface area contributed by atoms with E-state index in [2.05, 4.69) is 4.74 Å². The second kappa shape index (κ2) is 3.71. The predicted octanol–water partition coefficient (Wildman–Crippen LogP) is 0.576. The van der Waals surface area contributed by atoms with Gasteiger partial charge in [-0.3, -0.25) is 0 Å². The monoisotopic (exact) mass is 151 g/mol. The molecule has 0 amide bonds. The number of ether oxygens (including phenoxy) is 1. The Bertz CT molecular complexity index is 223. The van der Waals surface area contributed by atoms with Crippen LogP contribution in [0.15, 0.2) is 30.6 Å². The van der Waals surface area contributed by atoms with Crippen molar-refractivity contribution in [2.45, 2.75) is 13.2 Å². The molecule has 0 saturated carbocycles. The highest BCUT2D eigenvalue weighted by molar-refractivity contribution is 5.37. The third kappa shape index (κ3) is 2.04. The van der Waals surface area contributed by atoms with Crippen molar-refractivity contribution < 1.29 is 14.1 Å². The van der Waals surface area contributed by atoms with Crippen molar-refractivity contribution in [2.75, 3.05) is 0 Å². The molecule has 1 atom stereocenters. The number of carbonyl (C=O) groups excluding carboxylic acids is 1. The molecule has 3 nitrogen and oxygen atoms in total. The maximum absolute atomic E-state index is 9.83. The first-order valence-electron chi connectivity index (χ1n) is 3.33. The normalized spacial score (nSPS) is 12.1. The smallest absolute Gasteiger partial charge is 0.394 e. The van der Waals surface area contributed by atoms with Gasteiger partial charge in [0.05, 0.1) is 0 Å². The second-order valence-corrected chi connectivity index (χ2v) is 2.12. The molecular weight excluding hydrogens is 142 g/mol. The van der Waals surface area contributed by atoms with Crippen molar-refractivity contribution in [1.82, 2.24) is 0 Å². The zero-order valence-electron chi connectivity index (χ0n) is 6.23. The van der Waals surface area contributed by atoms with Gasteiger partial charge in [-0.2, -0.15) is 4.57 Å². The highest BCUT2D eigenvalue weighted by Crippen LogP contribution is 1.92. The zero-order valence-corrected chi connectivity index (χ0v) is 6.23. The fraction of sp³-hybridized carbons (Fsp3) is 0.250. The minimum atomic E-state index is -0.284. The van der Waals surface area contributed by atoms with Crippen molar-refractivity contribution in [3.63, 3.8) is 0 Å². The van der Waals surface area contributed by atoms with E-state index in [0.29, 0.717) is 0 Å². The van der Waals surface area contributed by atoms with Gasteiger partial charge in [0.25, 0.3) is 0 Å². The number of aromatic nitrogens is 1. The molecule has 1 unspecified atom stereocenters. The summed E-state index contributed by atoms with van der Waals surface area (Å²) in [6, 6.07) is 5.63. The van der Waals surface area contributed by atoms with Crippen molar-refractivity contribution in [1.29, 1.82) is 0 Å². The number of hydrogen-bond acceptors (Lipinski definition) is 2. The van der Waals surface area contributed by atoms with E-state index in [9.17, 15) is 4.79 Å². The molecule has 0 N–H and O–H groups in total. The van der Waals surface area contributed by atoms with Crippen LogP contribution in [-0.4, -0.2) is 6.47 Å². The molecular formula is C8H9NO2+. The molecule has 3 heteroatoms. The number of hydrogen-bond donors (Lipinski definition) is 0. The molecule has 0 fully saturated rings. The van der Waals surface area contributed by atoms with Crippen LogP contribution < -0.4 is 4.57 Å². The van der Waals surface area contributed by atoms with E-state index in [4.69, 9.17) is 0 Å². The van der Waals surface area contributed by atoms with E-state index < -0.39 is 0 Å². The largest absolute Gasteiger partial charge is 0.422 e. The molecule has 0 spiro atoms. The lowest BCUT2D eigenvalue weighted by atomic mass is 10.5. The summed E-state index contributed by atoms with van der Waals surface area (Å²) in [6.07, 6.45) is 3.36. The van der Waals surface area contributed by atoms with Gasteiger partial charge in [0.15, 0.2) is 12.4 Å². The number of rotatable bonds is 3. The number of nitrogens with zero attached hydrogens (tertiary/aromatic N) is 1. The average Bonchev–Trinajstić information content (AvgIpc) is 2.07. The summed E-state index contributed by atoms with van der Waals surface area (Å²) in [5, 5.41) is 0. The van der Waals surface area contributed by atoms with Gasteiger partial charge in [0.2, 0.25) is 0 Å². The molecule has 1 aromatic heterocycles. The van der Waals surface area contributed by atoms with Crippen molar-refractivity contribution in [3.8, 4) is 0 Å². The topological polar surface area (TPSA) is 30.2 Å². The van der Waals surface area contributed by atoms with Crippen LogP contribution in [0.25, 0.3) is 0 Å². The minimum absolute atomic E-state index is 0.284. The average molecular weight is 151 g/mol. The van der Waals surface area contributed by atoms with Gasteiger partial charge in [-0.15, -0.1) is 0 Å². The Labute approximate surface area is 65.2 Å². The lowest BCUT2D eigenvalue weighted by Crippen LogP contribution is -2.37. The lowest BCUT2D eigenvalue weighted by molar-refractivity contribution is -0.752. The predicted molar refractivity (Wildman–Crippen MR) is 38.1 cm³/mol. The van der Waals surface area contributed by atoms with Crippen LogP contribution in [0.3, 0.4) is 0 Å². The summed E-state index contributed by atoms with van der Waals surface area (Å²) in [5.74, 6) is 0. The van der Waals surface area contributed by atoms with Crippen LogP contribution in [0.4, 0.5) is 0 Å². The Kier molecular flexibility index (Phi) is 2.60. The highest BCUT2D eigenvalue weighted by Gasteiger charge is 2.09. The SMILES string of the molecule is CC(O[C]=O)[n+]1ccccc1. The van der Waals surface area contributed by atoms with Gasteiger partial charge in [0.1, 0.15) is 0 Å². The second-order valence-electron chi connectivity index (χ2n) is 2.12. The molecule has 0 aliphatic carbocycles. The first kappa shape index (κ1) is 7.72. The van der Waals surface area contributed by atoms with Gasteiger partial charge in [-0.1, -0.05) is 6.07 Å². The first-order valence-corrected chi connectivity index (χ1v) is 3.33. The summed E-state index contributed by atoms with van der Waals surface area (Å²) in [6.45, 7) is 3.16. The fourth-order valence-corrected chi connectivity index (χ4v) is 0.785. The number of pyridine rings is 1. The standard InChI is InChI=1S/C8H9NO2/c1-8(11-7-10)9-5-3-2-4-6-9/h2-6,8H,1H3/q+1. The zero-order chi connectivity index (χ0) is 8.10. The lowest BCUT2D eigenvalue weighted by Gasteiger charge is -2.01. The maximum Gasteiger partial charge on any atom is 0.422 e. The van der Waals surface area contributed by atoms with Crippen LogP contribution in [0.5, 0.6) is 0 Å². The van der Waals surface area contributed by atoms with Crippen LogP contribution in [0, 0.1) is 0 Å². The molecule has 1 rings (SSSR count). The Balaban J connectivity index is 2.68. The Morgan fingerprint density at radius 2 is 2.00 bits per heavy atom. The van der Waals surface area contributed by atoms with Crippen molar-refractivity contribution in [3.05, 3.63) is 30.6 Å². The summed E-state index contributed by atoms with van der Waals surface area (Å²) < 4.78 is 6.35. The molecule has 0 aliphatic heterocycles. The van der Waals surface area contributed by atoms with Crippen molar-refractivity contribution >= 4 is 6.47 Å². The maximum atomic E-state index is 9.83. The van der Waals surface area contributed by atoms with Gasteiger partial charge in [-0.05, 0) is 0 Å². The molecule has 1 aromatic rings. The van der Waals surface area contributed by atoms with Gasteiger partial charge in [0, 0.05) is 19.1 Å². The summed E-state index contributed by atoms with van der Waals surface area (Å²) in [7, 11) is 0. The van der Waals surface area contributed by atoms with Gasteiger partial charge >= 0.3 is 12.7 Å². The van der Waals surface area contributed by atoms with E-state index in [1.54, 1.807) is 11.5 Å². The van der Waals surface area contributed by atoms with E-state index in [0.717, 1.165) is 0 Å². The third-order valence-corrected chi connectivity index (χ3v) is 1.38. The fourth-order valence-electron chi connectivity index (χ4n) is 0.785. The van der Waals surface area contributed by atoms with E-state index in [1.807, 2.05) is 30.6 Å².